The van der Waals surface area contributed by atoms with Crippen LogP contribution in [-0.2, 0) is 9.46 Å². The van der Waals surface area contributed by atoms with E-state index >= 15 is 0 Å². The molecule has 0 aliphatic carbocycles. The highest BCUT2D eigenvalue weighted by atomic mass is 31.2. The van der Waals surface area contributed by atoms with E-state index in [0.717, 1.165) is 51.4 Å². The van der Waals surface area contributed by atoms with Crippen LogP contribution in [0.2, 0.25) is 0 Å². The zero-order valence-electron chi connectivity index (χ0n) is 13.5. The summed E-state index contributed by atoms with van der Waals surface area (Å²) in [6.07, 6.45) is 9.66. The van der Waals surface area contributed by atoms with Crippen LogP contribution in [0, 0.1) is 11.8 Å². The van der Waals surface area contributed by atoms with Gasteiger partial charge in [-0.15, -0.1) is 0 Å². The standard InChI is InChI=1S/C16H34O2P/c1-5-9-11-15(7-3)13-19(17,18)14-16(8-4)12-10-6-2/h15-16H,5-14H2,1-4H3. The van der Waals surface area contributed by atoms with Crippen molar-refractivity contribution in [3.05, 3.63) is 0 Å². The zero-order chi connectivity index (χ0) is 14.7. The Morgan fingerprint density at radius 3 is 1.42 bits per heavy atom. The SMILES string of the molecule is CCCCC(CC)CP([O])(=O)CC(CC)CCCC. The summed E-state index contributed by atoms with van der Waals surface area (Å²) in [5.74, 6) is 0.763. The van der Waals surface area contributed by atoms with Gasteiger partial charge in [0.1, 0.15) is 0 Å². The predicted octanol–water partition coefficient (Wildman–Crippen LogP) is 6.13. The first kappa shape index (κ1) is 19.2. The first-order chi connectivity index (χ1) is 8.99. The van der Waals surface area contributed by atoms with Gasteiger partial charge in [-0.05, 0) is 24.7 Å². The maximum absolute atomic E-state index is 12.3. The van der Waals surface area contributed by atoms with Gasteiger partial charge in [-0.1, -0.05) is 66.2 Å². The van der Waals surface area contributed by atoms with Crippen molar-refractivity contribution in [3.8, 4) is 0 Å². The van der Waals surface area contributed by atoms with Crippen LogP contribution in [0.4, 0.5) is 0 Å². The zero-order valence-corrected chi connectivity index (χ0v) is 14.4. The van der Waals surface area contributed by atoms with E-state index in [1.807, 2.05) is 0 Å². The van der Waals surface area contributed by atoms with Crippen LogP contribution in [0.3, 0.4) is 0 Å². The third-order valence-electron chi connectivity index (χ3n) is 4.16. The van der Waals surface area contributed by atoms with Crippen molar-refractivity contribution in [3.63, 3.8) is 0 Å². The lowest BCUT2D eigenvalue weighted by atomic mass is 10.0. The molecular weight excluding hydrogens is 255 g/mol. The molecule has 115 valence electrons. The molecule has 0 bridgehead atoms. The van der Waals surface area contributed by atoms with Crippen LogP contribution in [-0.4, -0.2) is 12.3 Å². The highest BCUT2D eigenvalue weighted by molar-refractivity contribution is 7.57. The third kappa shape index (κ3) is 9.68. The van der Waals surface area contributed by atoms with E-state index in [0.29, 0.717) is 24.2 Å². The van der Waals surface area contributed by atoms with Gasteiger partial charge in [0.2, 0.25) is 7.37 Å². The summed E-state index contributed by atoms with van der Waals surface area (Å²) < 4.78 is 12.3. The normalized spacial score (nSPS) is 17.9. The van der Waals surface area contributed by atoms with E-state index in [9.17, 15) is 9.46 Å². The Kier molecular flexibility index (Phi) is 11.0. The first-order valence-electron chi connectivity index (χ1n) is 8.28. The lowest BCUT2D eigenvalue weighted by Crippen LogP contribution is -2.12. The van der Waals surface area contributed by atoms with Gasteiger partial charge < -0.3 is 0 Å². The van der Waals surface area contributed by atoms with Gasteiger partial charge in [-0.3, -0.25) is 4.57 Å². The third-order valence-corrected chi connectivity index (χ3v) is 6.30. The molecule has 19 heavy (non-hydrogen) atoms. The van der Waals surface area contributed by atoms with E-state index < -0.39 is 7.37 Å². The summed E-state index contributed by atoms with van der Waals surface area (Å²) in [6, 6.07) is 0. The Balaban J connectivity index is 4.29. The topological polar surface area (TPSA) is 37.0 Å². The summed E-state index contributed by atoms with van der Waals surface area (Å²) in [5.41, 5.74) is 0. The fraction of sp³-hybridized carbons (Fsp3) is 1.00. The monoisotopic (exact) mass is 289 g/mol. The molecule has 0 aliphatic rings. The Labute approximate surface area is 120 Å². The van der Waals surface area contributed by atoms with Crippen molar-refractivity contribution in [1.29, 1.82) is 0 Å². The highest BCUT2D eigenvalue weighted by Crippen LogP contribution is 2.48. The molecule has 0 aromatic heterocycles. The van der Waals surface area contributed by atoms with Crippen LogP contribution in [0.15, 0.2) is 0 Å². The largest absolute Gasteiger partial charge is 0.290 e. The van der Waals surface area contributed by atoms with Gasteiger partial charge in [0, 0.05) is 12.3 Å². The minimum atomic E-state index is -3.17. The molecule has 0 rings (SSSR count). The number of unbranched alkanes of at least 4 members (excludes halogenated alkanes) is 2. The molecule has 0 aromatic carbocycles. The van der Waals surface area contributed by atoms with Gasteiger partial charge in [0.05, 0.1) is 0 Å². The number of rotatable bonds is 12. The molecule has 2 atom stereocenters. The molecule has 2 unspecified atom stereocenters. The quantitative estimate of drug-likeness (QED) is 0.398. The smallest absolute Gasteiger partial charge is 0.236 e. The van der Waals surface area contributed by atoms with E-state index in [2.05, 4.69) is 27.7 Å². The molecule has 1 radical (unpaired) electrons. The summed E-state index contributed by atoms with van der Waals surface area (Å²) in [7, 11) is -3.17. The Morgan fingerprint density at radius 2 is 1.16 bits per heavy atom. The number of hydrogen-bond donors (Lipinski definition) is 0. The molecule has 0 saturated carbocycles. The van der Waals surface area contributed by atoms with Crippen LogP contribution in [0.1, 0.15) is 79.1 Å². The predicted molar refractivity (Wildman–Crippen MR) is 84.6 cm³/mol. The van der Waals surface area contributed by atoms with Crippen molar-refractivity contribution in [2.24, 2.45) is 11.8 Å². The van der Waals surface area contributed by atoms with Crippen molar-refractivity contribution < 1.29 is 9.46 Å². The summed E-state index contributed by atoms with van der Waals surface area (Å²) in [6.45, 7) is 8.58. The fourth-order valence-electron chi connectivity index (χ4n) is 2.70. The van der Waals surface area contributed by atoms with Gasteiger partial charge in [0.15, 0.2) is 0 Å². The van der Waals surface area contributed by atoms with E-state index in [4.69, 9.17) is 0 Å². The molecule has 3 heteroatoms. The van der Waals surface area contributed by atoms with Gasteiger partial charge in [-0.2, -0.15) is 4.89 Å². The summed E-state index contributed by atoms with van der Waals surface area (Å²) in [5, 5.41) is 0. The molecule has 0 aliphatic heterocycles. The molecule has 0 spiro atoms. The van der Waals surface area contributed by atoms with Crippen LogP contribution < -0.4 is 0 Å². The number of hydrogen-bond acceptors (Lipinski definition) is 1. The van der Waals surface area contributed by atoms with Gasteiger partial charge >= 0.3 is 0 Å². The average Bonchev–Trinajstić information content (AvgIpc) is 2.39. The highest BCUT2D eigenvalue weighted by Gasteiger charge is 2.28. The molecule has 0 heterocycles. The van der Waals surface area contributed by atoms with Crippen molar-refractivity contribution >= 4 is 7.37 Å². The summed E-state index contributed by atoms with van der Waals surface area (Å²) in [4.78, 5) is 12.3. The first-order valence-corrected chi connectivity index (χ1v) is 10.3. The molecule has 0 fully saturated rings. The molecule has 0 saturated heterocycles. The lowest BCUT2D eigenvalue weighted by molar-refractivity contribution is 0.372. The Bertz CT molecular complexity index is 231. The molecular formula is C16H34O2P. The second kappa shape index (κ2) is 10.9. The van der Waals surface area contributed by atoms with E-state index in [-0.39, 0.29) is 0 Å². The van der Waals surface area contributed by atoms with Crippen LogP contribution >= 0.6 is 7.37 Å². The average molecular weight is 289 g/mol. The van der Waals surface area contributed by atoms with E-state index in [1.165, 1.54) is 0 Å². The van der Waals surface area contributed by atoms with Gasteiger partial charge in [0.25, 0.3) is 0 Å². The van der Waals surface area contributed by atoms with Crippen LogP contribution in [0.5, 0.6) is 0 Å². The molecule has 0 aromatic rings. The Morgan fingerprint density at radius 1 is 0.789 bits per heavy atom. The van der Waals surface area contributed by atoms with Crippen LogP contribution in [0.25, 0.3) is 0 Å². The molecule has 0 amide bonds. The van der Waals surface area contributed by atoms with Crippen molar-refractivity contribution in [2.75, 3.05) is 12.3 Å². The maximum atomic E-state index is 12.3. The van der Waals surface area contributed by atoms with Crippen molar-refractivity contribution in [1.82, 2.24) is 0 Å². The van der Waals surface area contributed by atoms with E-state index in [1.54, 1.807) is 0 Å². The van der Waals surface area contributed by atoms with Gasteiger partial charge in [-0.25, -0.2) is 0 Å². The summed E-state index contributed by atoms with van der Waals surface area (Å²) >= 11 is 0. The molecule has 0 N–H and O–H groups in total. The van der Waals surface area contributed by atoms with Crippen molar-refractivity contribution in [2.45, 2.75) is 79.1 Å². The lowest BCUT2D eigenvalue weighted by Gasteiger charge is -2.21. The minimum Gasteiger partial charge on any atom is -0.290 e. The minimum absolute atomic E-state index is 0.381. The fourth-order valence-corrected chi connectivity index (χ4v) is 5.30. The second-order valence-electron chi connectivity index (χ2n) is 6.01. The maximum Gasteiger partial charge on any atom is 0.236 e. The second-order valence-corrected chi connectivity index (χ2v) is 8.37. The Hall–Kier alpha value is 0.190. The molecule has 2 nitrogen and oxygen atoms in total.